The van der Waals surface area contributed by atoms with Crippen LogP contribution in [0.2, 0.25) is 0 Å². The van der Waals surface area contributed by atoms with Crippen LogP contribution in [0.1, 0.15) is 25.2 Å². The summed E-state index contributed by atoms with van der Waals surface area (Å²) in [6.45, 7) is 5.42. The summed E-state index contributed by atoms with van der Waals surface area (Å²) in [6.07, 6.45) is 0.785. The van der Waals surface area contributed by atoms with Crippen LogP contribution in [0, 0.1) is 6.92 Å². The molecule has 0 aliphatic carbocycles. The van der Waals surface area contributed by atoms with Crippen LogP contribution in [0.15, 0.2) is 18.2 Å². The molecule has 0 unspecified atom stereocenters. The molecular weight excluding hydrogens is 344 g/mol. The zero-order valence-electron chi connectivity index (χ0n) is 13.5. The second-order valence-electron chi connectivity index (χ2n) is 5.24. The largest absolute Gasteiger partial charge is 0.332 e. The summed E-state index contributed by atoms with van der Waals surface area (Å²) < 4.78 is 1.79. The Morgan fingerprint density at radius 2 is 2.17 bits per heavy atom. The highest BCUT2D eigenvalue weighted by molar-refractivity contribution is 7.80. The molecule has 0 spiro atoms. The van der Waals surface area contributed by atoms with E-state index < -0.39 is 0 Å². The summed E-state index contributed by atoms with van der Waals surface area (Å²) in [6, 6.07) is 5.90. The molecule has 2 heterocycles. The minimum atomic E-state index is -0.201. The van der Waals surface area contributed by atoms with Crippen LogP contribution in [0.5, 0.6) is 0 Å². The predicted octanol–water partition coefficient (Wildman–Crippen LogP) is 2.56. The van der Waals surface area contributed by atoms with Crippen molar-refractivity contribution in [2.24, 2.45) is 0 Å². The van der Waals surface area contributed by atoms with E-state index in [1.807, 2.05) is 32.0 Å². The van der Waals surface area contributed by atoms with Gasteiger partial charge in [-0.2, -0.15) is 9.61 Å². The molecule has 0 aliphatic heterocycles. The molecule has 0 aliphatic rings. The van der Waals surface area contributed by atoms with Gasteiger partial charge in [0.05, 0.1) is 0 Å². The van der Waals surface area contributed by atoms with Gasteiger partial charge in [-0.3, -0.25) is 4.79 Å². The van der Waals surface area contributed by atoms with Crippen molar-refractivity contribution in [1.29, 1.82) is 0 Å². The zero-order valence-corrected chi connectivity index (χ0v) is 15.1. The fraction of sp³-hybridized carbons (Fsp3) is 0.267. The van der Waals surface area contributed by atoms with Crippen molar-refractivity contribution in [2.75, 3.05) is 5.32 Å². The number of carbonyl (C=O) groups is 1. The molecule has 9 heteroatoms. The van der Waals surface area contributed by atoms with Gasteiger partial charge in [0.25, 0.3) is 0 Å². The van der Waals surface area contributed by atoms with Crippen LogP contribution in [0.25, 0.3) is 15.5 Å². The maximum absolute atomic E-state index is 11.0. The van der Waals surface area contributed by atoms with Gasteiger partial charge in [-0.05, 0) is 42.9 Å². The first-order valence-electron chi connectivity index (χ1n) is 7.38. The Morgan fingerprint density at radius 3 is 2.83 bits per heavy atom. The van der Waals surface area contributed by atoms with E-state index in [0.717, 1.165) is 39.0 Å². The second-order valence-corrected chi connectivity index (χ2v) is 6.60. The number of hydrogen-bond acceptors (Lipinski definition) is 6. The fourth-order valence-corrected chi connectivity index (χ4v) is 3.35. The van der Waals surface area contributed by atoms with E-state index in [1.165, 1.54) is 18.3 Å². The average molecular weight is 360 g/mol. The molecule has 0 bridgehead atoms. The fourth-order valence-electron chi connectivity index (χ4n) is 2.24. The number of fused-ring (bicyclic) bond motifs is 1. The molecule has 0 saturated heterocycles. The van der Waals surface area contributed by atoms with Crippen LogP contribution in [-0.2, 0) is 11.2 Å². The summed E-state index contributed by atoms with van der Waals surface area (Å²) in [7, 11) is 0. The molecule has 0 radical (unpaired) electrons. The maximum atomic E-state index is 11.0. The van der Waals surface area contributed by atoms with Crippen LogP contribution < -0.4 is 10.6 Å². The Morgan fingerprint density at radius 1 is 1.38 bits per heavy atom. The normalized spacial score (nSPS) is 10.8. The summed E-state index contributed by atoms with van der Waals surface area (Å²) in [5, 5.41) is 19.6. The molecule has 3 rings (SSSR count). The number of aromatic nitrogens is 4. The van der Waals surface area contributed by atoms with Gasteiger partial charge in [-0.1, -0.05) is 18.3 Å². The number of benzene rings is 1. The molecule has 2 aromatic heterocycles. The smallest absolute Gasteiger partial charge is 0.234 e. The molecule has 3 aromatic rings. The number of thiocarbonyl (C=S) groups is 1. The maximum Gasteiger partial charge on any atom is 0.234 e. The molecule has 0 fully saturated rings. The molecule has 124 valence electrons. The van der Waals surface area contributed by atoms with Crippen LogP contribution >= 0.6 is 23.6 Å². The average Bonchev–Trinajstić information content (AvgIpc) is 3.08. The molecule has 24 heavy (non-hydrogen) atoms. The van der Waals surface area contributed by atoms with E-state index in [-0.39, 0.29) is 11.0 Å². The highest BCUT2D eigenvalue weighted by Gasteiger charge is 2.13. The quantitative estimate of drug-likeness (QED) is 0.699. The third kappa shape index (κ3) is 3.26. The Kier molecular flexibility index (Phi) is 4.54. The number of aryl methyl sites for hydroxylation is 2. The zero-order chi connectivity index (χ0) is 17.3. The van der Waals surface area contributed by atoms with Gasteiger partial charge < -0.3 is 10.6 Å². The lowest BCUT2D eigenvalue weighted by atomic mass is 10.1. The van der Waals surface area contributed by atoms with Gasteiger partial charge in [0.1, 0.15) is 5.01 Å². The van der Waals surface area contributed by atoms with E-state index in [0.29, 0.717) is 0 Å². The van der Waals surface area contributed by atoms with Crippen molar-refractivity contribution in [3.63, 3.8) is 0 Å². The molecule has 2 N–H and O–H groups in total. The topological polar surface area (TPSA) is 84.2 Å². The molecule has 7 nitrogen and oxygen atoms in total. The molecule has 1 amide bonds. The lowest BCUT2D eigenvalue weighted by Crippen LogP contribution is -2.32. The van der Waals surface area contributed by atoms with E-state index in [2.05, 4.69) is 25.9 Å². The first kappa shape index (κ1) is 16.5. The summed E-state index contributed by atoms with van der Waals surface area (Å²) >= 11 is 6.58. The molecule has 1 aromatic carbocycles. The SMILES string of the molecule is CCc1nnc2sc(-c3ccc(NC(=S)NC(C)=O)c(C)c3)nn12. The van der Waals surface area contributed by atoms with Crippen molar-refractivity contribution >= 4 is 45.2 Å². The highest BCUT2D eigenvalue weighted by Crippen LogP contribution is 2.28. The highest BCUT2D eigenvalue weighted by atomic mass is 32.1. The van der Waals surface area contributed by atoms with Crippen molar-refractivity contribution in [1.82, 2.24) is 25.1 Å². The van der Waals surface area contributed by atoms with E-state index in [1.54, 1.807) is 4.52 Å². The lowest BCUT2D eigenvalue weighted by molar-refractivity contribution is -0.117. The van der Waals surface area contributed by atoms with E-state index in [4.69, 9.17) is 12.2 Å². The van der Waals surface area contributed by atoms with E-state index in [9.17, 15) is 4.79 Å². The molecule has 0 atom stereocenters. The third-order valence-corrected chi connectivity index (χ3v) is 4.53. The Labute approximate surface area is 148 Å². The van der Waals surface area contributed by atoms with Gasteiger partial charge in [0.2, 0.25) is 10.9 Å². The van der Waals surface area contributed by atoms with Crippen molar-refractivity contribution in [3.8, 4) is 10.6 Å². The van der Waals surface area contributed by atoms with Crippen molar-refractivity contribution in [3.05, 3.63) is 29.6 Å². The number of anilines is 1. The van der Waals surface area contributed by atoms with Crippen molar-refractivity contribution < 1.29 is 4.79 Å². The summed E-state index contributed by atoms with van der Waals surface area (Å²) in [5.74, 6) is 0.649. The Bertz CT molecular complexity index is 929. The van der Waals surface area contributed by atoms with Gasteiger partial charge in [0.15, 0.2) is 10.9 Å². The third-order valence-electron chi connectivity index (χ3n) is 3.38. The first-order chi connectivity index (χ1) is 11.5. The Hall–Kier alpha value is -2.39. The number of nitrogens with one attached hydrogen (secondary N) is 2. The minimum absolute atomic E-state index is 0.201. The van der Waals surface area contributed by atoms with E-state index >= 15 is 0 Å². The Balaban J connectivity index is 1.86. The number of amides is 1. The van der Waals surface area contributed by atoms with Crippen LogP contribution in [0.4, 0.5) is 5.69 Å². The summed E-state index contributed by atoms with van der Waals surface area (Å²) in [4.78, 5) is 11.8. The predicted molar refractivity (Wildman–Crippen MR) is 98.2 cm³/mol. The first-order valence-corrected chi connectivity index (χ1v) is 8.61. The number of rotatable bonds is 3. The van der Waals surface area contributed by atoms with Crippen molar-refractivity contribution in [2.45, 2.75) is 27.2 Å². The number of hydrogen-bond donors (Lipinski definition) is 2. The van der Waals surface area contributed by atoms with Gasteiger partial charge in [-0.15, -0.1) is 10.2 Å². The van der Waals surface area contributed by atoms with Gasteiger partial charge in [0, 0.05) is 24.6 Å². The summed E-state index contributed by atoms with van der Waals surface area (Å²) in [5.41, 5.74) is 2.85. The standard InChI is InChI=1S/C15H16N6OS2/c1-4-12-18-19-15-21(12)20-13(24-15)10-5-6-11(8(2)7-10)17-14(23)16-9(3)22/h5-7H,4H2,1-3H3,(H2,16,17,22,23). The van der Waals surface area contributed by atoms with Gasteiger partial charge in [-0.25, -0.2) is 0 Å². The van der Waals surface area contributed by atoms with Crippen LogP contribution in [-0.4, -0.2) is 30.8 Å². The monoisotopic (exact) mass is 360 g/mol. The molecular formula is C15H16N6OS2. The van der Waals surface area contributed by atoms with Gasteiger partial charge >= 0.3 is 0 Å². The number of carbonyl (C=O) groups excluding carboxylic acids is 1. The minimum Gasteiger partial charge on any atom is -0.332 e. The molecule has 0 saturated carbocycles. The lowest BCUT2D eigenvalue weighted by Gasteiger charge is -2.11. The van der Waals surface area contributed by atoms with Crippen LogP contribution in [0.3, 0.4) is 0 Å². The second kappa shape index (κ2) is 6.62. The number of nitrogens with zero attached hydrogens (tertiary/aromatic N) is 4.